The maximum Gasteiger partial charge on any atom is 0.128 e. The van der Waals surface area contributed by atoms with Crippen molar-refractivity contribution < 1.29 is 0 Å². The van der Waals surface area contributed by atoms with Gasteiger partial charge in [-0.3, -0.25) is 4.99 Å². The minimum Gasteiger partial charge on any atom is -0.361 e. The molecule has 0 saturated carbocycles. The fraction of sp³-hybridized carbons (Fsp3) is 0.381. The highest BCUT2D eigenvalue weighted by molar-refractivity contribution is 7.27. The van der Waals surface area contributed by atoms with E-state index in [0.29, 0.717) is 0 Å². The van der Waals surface area contributed by atoms with E-state index < -0.39 is 0 Å². The van der Waals surface area contributed by atoms with E-state index in [-0.39, 0.29) is 11.0 Å². The number of benzene rings is 2. The van der Waals surface area contributed by atoms with Crippen molar-refractivity contribution in [3.05, 3.63) is 65.2 Å². The molecule has 0 aliphatic rings. The van der Waals surface area contributed by atoms with Crippen molar-refractivity contribution in [2.45, 2.75) is 45.6 Å². The van der Waals surface area contributed by atoms with E-state index in [0.717, 1.165) is 11.4 Å². The highest BCUT2D eigenvalue weighted by Gasteiger charge is 2.23. The second-order valence-corrected chi connectivity index (χ2v) is 8.44. The topological polar surface area (TPSA) is 24.4 Å². The van der Waals surface area contributed by atoms with Gasteiger partial charge in [-0.05, 0) is 35.7 Å². The molecule has 3 heteroatoms. The third-order valence-corrected chi connectivity index (χ3v) is 4.70. The Morgan fingerprint density at radius 1 is 0.833 bits per heavy atom. The third kappa shape index (κ3) is 4.45. The van der Waals surface area contributed by atoms with Crippen LogP contribution < -0.4 is 10.6 Å². The number of hydrogen-bond acceptors (Lipinski definition) is 1. The van der Waals surface area contributed by atoms with Crippen molar-refractivity contribution in [3.63, 3.8) is 0 Å². The lowest BCUT2D eigenvalue weighted by Gasteiger charge is -2.30. The summed E-state index contributed by atoms with van der Waals surface area (Å²) in [5.41, 5.74) is 3.67. The maximum absolute atomic E-state index is 4.45. The van der Waals surface area contributed by atoms with Crippen LogP contribution in [0.25, 0.3) is 0 Å². The van der Waals surface area contributed by atoms with E-state index in [1.54, 1.807) is 0 Å². The number of nitrogens with one attached hydrogen (secondary N) is 1. The molecule has 0 bridgehead atoms. The second kappa shape index (κ2) is 7.07. The van der Waals surface area contributed by atoms with Gasteiger partial charge in [-0.15, -0.1) is 9.24 Å². The molecule has 1 N–H and O–H groups in total. The standard InChI is InChI=1S/C21H29N2P/c1-20(2,3)16-9-11-17(12-10-16)21(4,5)23-19(22-6)15-7-13-18(24)14-8-15/h7-14H,24H2,1-6H3,(H,22,23). The molecule has 2 aromatic rings. The number of rotatable bonds is 3. The number of aliphatic imine (C=N–C) groups is 1. The van der Waals surface area contributed by atoms with Gasteiger partial charge in [-0.2, -0.15) is 0 Å². The zero-order chi connectivity index (χ0) is 18.0. The number of amidine groups is 1. The lowest BCUT2D eigenvalue weighted by atomic mass is 9.84. The molecule has 1 atom stereocenters. The van der Waals surface area contributed by atoms with Gasteiger partial charge >= 0.3 is 0 Å². The molecule has 2 rings (SSSR count). The smallest absolute Gasteiger partial charge is 0.128 e. The van der Waals surface area contributed by atoms with Gasteiger partial charge in [0.15, 0.2) is 0 Å². The van der Waals surface area contributed by atoms with Gasteiger partial charge < -0.3 is 5.32 Å². The minimum atomic E-state index is -0.203. The van der Waals surface area contributed by atoms with Gasteiger partial charge in [0.1, 0.15) is 5.84 Å². The molecule has 0 fully saturated rings. The van der Waals surface area contributed by atoms with Gasteiger partial charge in [0.05, 0.1) is 5.54 Å². The summed E-state index contributed by atoms with van der Waals surface area (Å²) in [6.45, 7) is 11.1. The largest absolute Gasteiger partial charge is 0.361 e. The van der Waals surface area contributed by atoms with Crippen LogP contribution in [0.1, 0.15) is 51.3 Å². The fourth-order valence-electron chi connectivity index (χ4n) is 2.65. The van der Waals surface area contributed by atoms with E-state index in [4.69, 9.17) is 0 Å². The average Bonchev–Trinajstić information content (AvgIpc) is 2.53. The Hall–Kier alpha value is -1.66. The van der Waals surface area contributed by atoms with Crippen LogP contribution in [0.4, 0.5) is 0 Å². The molecule has 0 aliphatic heterocycles. The van der Waals surface area contributed by atoms with Crippen molar-refractivity contribution in [2.24, 2.45) is 4.99 Å². The summed E-state index contributed by atoms with van der Waals surface area (Å²) < 4.78 is 0. The summed E-state index contributed by atoms with van der Waals surface area (Å²) in [6.07, 6.45) is 0. The Bertz CT molecular complexity index is 705. The monoisotopic (exact) mass is 340 g/mol. The van der Waals surface area contributed by atoms with E-state index in [9.17, 15) is 0 Å². The van der Waals surface area contributed by atoms with Crippen molar-refractivity contribution in [2.75, 3.05) is 7.05 Å². The quantitative estimate of drug-likeness (QED) is 0.500. The summed E-state index contributed by atoms with van der Waals surface area (Å²) in [6, 6.07) is 17.2. The Morgan fingerprint density at radius 3 is 1.79 bits per heavy atom. The number of hydrogen-bond donors (Lipinski definition) is 1. The van der Waals surface area contributed by atoms with Crippen molar-refractivity contribution in [1.29, 1.82) is 0 Å². The molecule has 0 aliphatic carbocycles. The Morgan fingerprint density at radius 2 is 1.33 bits per heavy atom. The van der Waals surface area contributed by atoms with Gasteiger partial charge in [-0.25, -0.2) is 0 Å². The average molecular weight is 340 g/mol. The predicted molar refractivity (Wildman–Crippen MR) is 110 cm³/mol. The summed E-state index contributed by atoms with van der Waals surface area (Å²) in [5.74, 6) is 0.907. The molecule has 0 spiro atoms. The first-order valence-corrected chi connectivity index (χ1v) is 8.93. The molecule has 0 aromatic heterocycles. The van der Waals surface area contributed by atoms with Gasteiger partial charge in [0.25, 0.3) is 0 Å². The van der Waals surface area contributed by atoms with Crippen LogP contribution in [-0.2, 0) is 11.0 Å². The second-order valence-electron chi connectivity index (χ2n) is 7.77. The summed E-state index contributed by atoms with van der Waals surface area (Å²) in [7, 11) is 4.54. The zero-order valence-corrected chi connectivity index (χ0v) is 16.8. The van der Waals surface area contributed by atoms with E-state index in [1.165, 1.54) is 16.4 Å². The van der Waals surface area contributed by atoms with Gasteiger partial charge in [0, 0.05) is 12.6 Å². The molecular weight excluding hydrogens is 311 g/mol. The first-order valence-electron chi connectivity index (χ1n) is 8.35. The van der Waals surface area contributed by atoms with Crippen LogP contribution in [-0.4, -0.2) is 12.9 Å². The SMILES string of the molecule is C/N=C(\NC(C)(C)c1ccc(C(C)(C)C)cc1)c1ccc(P)cc1. The Kier molecular flexibility index (Phi) is 5.50. The molecule has 24 heavy (non-hydrogen) atoms. The first kappa shape index (κ1) is 18.7. The molecule has 0 heterocycles. The van der Waals surface area contributed by atoms with Crippen LogP contribution >= 0.6 is 9.24 Å². The lowest BCUT2D eigenvalue weighted by Crippen LogP contribution is -2.41. The Labute approximate surface area is 149 Å². The summed E-state index contributed by atoms with van der Waals surface area (Å²) in [5, 5.41) is 4.77. The molecule has 0 amide bonds. The lowest BCUT2D eigenvalue weighted by molar-refractivity contribution is 0.485. The van der Waals surface area contributed by atoms with E-state index in [2.05, 4.69) is 103 Å². The van der Waals surface area contributed by atoms with Crippen LogP contribution in [0.5, 0.6) is 0 Å². The van der Waals surface area contributed by atoms with Crippen molar-refractivity contribution in [1.82, 2.24) is 5.32 Å². The fourth-order valence-corrected chi connectivity index (χ4v) is 2.85. The molecule has 2 aromatic carbocycles. The van der Waals surface area contributed by atoms with Crippen LogP contribution in [0.2, 0.25) is 0 Å². The van der Waals surface area contributed by atoms with Crippen LogP contribution in [0.15, 0.2) is 53.5 Å². The van der Waals surface area contributed by atoms with Crippen LogP contribution in [0.3, 0.4) is 0 Å². The molecular formula is C21H29N2P. The molecule has 128 valence electrons. The Balaban J connectivity index is 2.24. The minimum absolute atomic E-state index is 0.173. The molecule has 2 nitrogen and oxygen atoms in total. The van der Waals surface area contributed by atoms with Crippen molar-refractivity contribution in [3.8, 4) is 0 Å². The number of nitrogens with zero attached hydrogens (tertiary/aromatic N) is 1. The molecule has 1 unspecified atom stereocenters. The third-order valence-electron chi connectivity index (χ3n) is 4.31. The van der Waals surface area contributed by atoms with Crippen molar-refractivity contribution >= 4 is 20.4 Å². The first-order chi connectivity index (χ1) is 11.1. The van der Waals surface area contributed by atoms with Crippen LogP contribution in [0, 0.1) is 0 Å². The summed E-state index contributed by atoms with van der Waals surface area (Å²) >= 11 is 0. The zero-order valence-electron chi connectivity index (χ0n) is 15.6. The van der Waals surface area contributed by atoms with E-state index >= 15 is 0 Å². The van der Waals surface area contributed by atoms with Gasteiger partial charge in [-0.1, -0.05) is 69.3 Å². The molecule has 0 saturated heterocycles. The predicted octanol–water partition coefficient (Wildman–Crippen LogP) is 4.39. The highest BCUT2D eigenvalue weighted by Crippen LogP contribution is 2.26. The highest BCUT2D eigenvalue weighted by atomic mass is 31.0. The maximum atomic E-state index is 4.45. The normalized spacial score (nSPS) is 13.0. The molecule has 0 radical (unpaired) electrons. The van der Waals surface area contributed by atoms with E-state index in [1.807, 2.05) is 7.05 Å². The summed E-state index contributed by atoms with van der Waals surface area (Å²) in [4.78, 5) is 4.45. The van der Waals surface area contributed by atoms with Gasteiger partial charge in [0.2, 0.25) is 0 Å².